The van der Waals surface area contributed by atoms with Crippen LogP contribution in [0.2, 0.25) is 0 Å². The van der Waals surface area contributed by atoms with Gasteiger partial charge in [0.25, 0.3) is 0 Å². The third-order valence-corrected chi connectivity index (χ3v) is 1.47. The molecule has 0 aliphatic heterocycles. The van der Waals surface area contributed by atoms with Crippen molar-refractivity contribution in [1.82, 2.24) is 0 Å². The molecule has 0 atom stereocenters. The molecule has 0 saturated heterocycles. The van der Waals surface area contributed by atoms with E-state index in [-0.39, 0.29) is 0 Å². The average molecular weight is 270 g/mol. The molecule has 0 aromatic rings. The Labute approximate surface area is 87.3 Å². The fourth-order valence-electron chi connectivity index (χ4n) is 0.904. The maximum absolute atomic E-state index is 4.93. The zero-order valence-electron chi connectivity index (χ0n) is 6.77. The third kappa shape index (κ3) is 6.14. The maximum atomic E-state index is 4.93. The van der Waals surface area contributed by atoms with Crippen molar-refractivity contribution in [2.24, 2.45) is 5.92 Å². The van der Waals surface area contributed by atoms with Crippen molar-refractivity contribution in [3.8, 4) is 0 Å². The van der Waals surface area contributed by atoms with E-state index in [1.807, 2.05) is 0 Å². The summed E-state index contributed by atoms with van der Waals surface area (Å²) in [6, 6.07) is 0. The van der Waals surface area contributed by atoms with E-state index in [1.165, 1.54) is 5.57 Å². The van der Waals surface area contributed by atoms with Crippen molar-refractivity contribution in [2.45, 2.75) is 20.3 Å². The van der Waals surface area contributed by atoms with Gasteiger partial charge in [0.2, 0.25) is 0 Å². The second-order valence-electron chi connectivity index (χ2n) is 2.57. The van der Waals surface area contributed by atoms with Crippen LogP contribution in [0.3, 0.4) is 0 Å². The Morgan fingerprint density at radius 1 is 1.45 bits per heavy atom. The van der Waals surface area contributed by atoms with E-state index in [4.69, 9.17) is 17.0 Å². The van der Waals surface area contributed by atoms with Crippen LogP contribution in [0.4, 0.5) is 0 Å². The van der Waals surface area contributed by atoms with Crippen LogP contribution in [0.15, 0.2) is 23.8 Å². The van der Waals surface area contributed by atoms with E-state index in [9.17, 15) is 0 Å². The fraction of sp³-hybridized carbons (Fsp3) is 0.500. The summed E-state index contributed by atoms with van der Waals surface area (Å²) in [7, 11) is 9.87. The van der Waals surface area contributed by atoms with Crippen LogP contribution in [0.1, 0.15) is 20.3 Å². The second kappa shape index (κ2) is 7.58. The zero-order valence-corrected chi connectivity index (χ0v) is 10.7. The van der Waals surface area contributed by atoms with Crippen molar-refractivity contribution < 1.29 is 20.8 Å². The monoisotopic (exact) mass is 268 g/mol. The normalized spacial score (nSPS) is 14.1. The second-order valence-corrected chi connectivity index (χ2v) is 6.30. The first-order valence-corrected chi connectivity index (χ1v) is 9.88. The van der Waals surface area contributed by atoms with Crippen molar-refractivity contribution >= 4 is 17.0 Å². The Hall–Kier alpha value is 0.943. The minimum absolute atomic E-state index is 0.716. The van der Waals surface area contributed by atoms with Gasteiger partial charge in [0, 0.05) is 0 Å². The van der Waals surface area contributed by atoms with Crippen LogP contribution in [-0.4, -0.2) is 0 Å². The first-order valence-electron chi connectivity index (χ1n) is 3.55. The van der Waals surface area contributed by atoms with Crippen LogP contribution in [-0.2, 0) is 20.8 Å². The molecule has 1 rings (SSSR count). The van der Waals surface area contributed by atoms with Gasteiger partial charge >= 0.3 is 37.9 Å². The van der Waals surface area contributed by atoms with Crippen molar-refractivity contribution in [1.29, 1.82) is 0 Å². The summed E-state index contributed by atoms with van der Waals surface area (Å²) >= 11 is -0.826. The van der Waals surface area contributed by atoms with E-state index >= 15 is 0 Å². The predicted molar refractivity (Wildman–Crippen MR) is 48.4 cm³/mol. The van der Waals surface area contributed by atoms with Gasteiger partial charge in [0.1, 0.15) is 0 Å². The van der Waals surface area contributed by atoms with Gasteiger partial charge in [-0.1, -0.05) is 32.1 Å². The molecule has 0 radical (unpaired) electrons. The SMILES string of the molecule is CC(C)C1=CCC=C1.[Cl][Zr][Cl]. The van der Waals surface area contributed by atoms with Crippen LogP contribution >= 0.6 is 17.0 Å². The minimum atomic E-state index is -0.826. The molecule has 0 aromatic carbocycles. The molecule has 0 heterocycles. The van der Waals surface area contributed by atoms with Gasteiger partial charge in [-0.2, -0.15) is 0 Å². The molecule has 62 valence electrons. The average Bonchev–Trinajstić information content (AvgIpc) is 2.38. The van der Waals surface area contributed by atoms with Gasteiger partial charge < -0.3 is 0 Å². The standard InChI is InChI=1S/C8H12.2ClH.Zr/c1-7(2)8-5-3-4-6-8;;;/h3,5-7H,4H2,1-2H3;2*1H;/q;;;+2/p-2. The molecular weight excluding hydrogens is 258 g/mol. The molecular formula is C8H12Cl2Zr. The van der Waals surface area contributed by atoms with Gasteiger partial charge in [-0.15, -0.1) is 0 Å². The predicted octanol–water partition coefficient (Wildman–Crippen LogP) is 3.91. The number of allylic oxidation sites excluding steroid dienone is 4. The van der Waals surface area contributed by atoms with Gasteiger partial charge in [-0.3, -0.25) is 0 Å². The van der Waals surface area contributed by atoms with E-state index < -0.39 is 20.8 Å². The molecule has 11 heavy (non-hydrogen) atoms. The molecule has 3 heteroatoms. The molecule has 0 N–H and O–H groups in total. The molecule has 0 bridgehead atoms. The quantitative estimate of drug-likeness (QED) is 0.678. The van der Waals surface area contributed by atoms with E-state index in [0.717, 1.165) is 6.42 Å². The first kappa shape index (κ1) is 11.9. The van der Waals surface area contributed by atoms with Crippen LogP contribution in [0, 0.1) is 5.92 Å². The number of hydrogen-bond donors (Lipinski definition) is 0. The van der Waals surface area contributed by atoms with Gasteiger partial charge in [-0.25, -0.2) is 0 Å². The Balaban J connectivity index is 0.000000292. The summed E-state index contributed by atoms with van der Waals surface area (Å²) in [6.07, 6.45) is 7.85. The molecule has 0 amide bonds. The molecule has 0 aromatic heterocycles. The third-order valence-electron chi connectivity index (χ3n) is 1.47. The molecule has 1 aliphatic carbocycles. The van der Waals surface area contributed by atoms with Crippen LogP contribution in [0.25, 0.3) is 0 Å². The summed E-state index contributed by atoms with van der Waals surface area (Å²) in [5, 5.41) is 0. The Morgan fingerprint density at radius 3 is 2.18 bits per heavy atom. The van der Waals surface area contributed by atoms with Gasteiger partial charge in [0.15, 0.2) is 0 Å². The summed E-state index contributed by atoms with van der Waals surface area (Å²) < 4.78 is 0. The molecule has 0 saturated carbocycles. The Kier molecular flexibility index (Phi) is 8.24. The summed E-state index contributed by atoms with van der Waals surface area (Å²) in [4.78, 5) is 0. The molecule has 0 fully saturated rings. The van der Waals surface area contributed by atoms with Crippen molar-refractivity contribution in [2.75, 3.05) is 0 Å². The molecule has 0 spiro atoms. The number of hydrogen-bond acceptors (Lipinski definition) is 0. The van der Waals surface area contributed by atoms with Crippen molar-refractivity contribution in [3.63, 3.8) is 0 Å². The van der Waals surface area contributed by atoms with E-state index in [1.54, 1.807) is 0 Å². The number of rotatable bonds is 1. The Bertz CT molecular complexity index is 150. The molecule has 0 nitrogen and oxygen atoms in total. The van der Waals surface area contributed by atoms with Gasteiger partial charge in [0.05, 0.1) is 0 Å². The summed E-state index contributed by atoms with van der Waals surface area (Å²) in [5.74, 6) is 0.716. The van der Waals surface area contributed by atoms with Gasteiger partial charge in [-0.05, 0) is 17.9 Å². The first-order chi connectivity index (χ1) is 5.22. The number of halogens is 2. The summed E-state index contributed by atoms with van der Waals surface area (Å²) in [6.45, 7) is 4.45. The topological polar surface area (TPSA) is 0 Å². The van der Waals surface area contributed by atoms with Crippen LogP contribution in [0.5, 0.6) is 0 Å². The molecule has 0 unspecified atom stereocenters. The molecule has 1 aliphatic rings. The Morgan fingerprint density at radius 2 is 2.00 bits per heavy atom. The van der Waals surface area contributed by atoms with E-state index in [0.29, 0.717) is 5.92 Å². The van der Waals surface area contributed by atoms with Crippen molar-refractivity contribution in [3.05, 3.63) is 23.8 Å². The van der Waals surface area contributed by atoms with Crippen LogP contribution < -0.4 is 0 Å². The summed E-state index contributed by atoms with van der Waals surface area (Å²) in [5.41, 5.74) is 1.49. The van der Waals surface area contributed by atoms with E-state index in [2.05, 4.69) is 32.1 Å². The fourth-order valence-corrected chi connectivity index (χ4v) is 0.904. The zero-order chi connectivity index (χ0) is 8.69.